The predicted octanol–water partition coefficient (Wildman–Crippen LogP) is 4.27. The van der Waals surface area contributed by atoms with Gasteiger partial charge in [-0.05, 0) is 30.7 Å². The van der Waals surface area contributed by atoms with Crippen LogP contribution in [0.4, 0.5) is 10.8 Å². The van der Waals surface area contributed by atoms with Crippen molar-refractivity contribution in [2.24, 2.45) is 0 Å². The third kappa shape index (κ3) is 3.27. The van der Waals surface area contributed by atoms with Crippen LogP contribution in [0.15, 0.2) is 42.0 Å². The molecule has 118 valence electrons. The topological polar surface area (TPSA) is 56.3 Å². The van der Waals surface area contributed by atoms with Gasteiger partial charge in [0.2, 0.25) is 0 Å². The van der Waals surface area contributed by atoms with E-state index < -0.39 is 0 Å². The van der Waals surface area contributed by atoms with E-state index in [9.17, 15) is 0 Å². The summed E-state index contributed by atoms with van der Waals surface area (Å²) in [5, 5.41) is 6.10. The van der Waals surface area contributed by atoms with Crippen LogP contribution in [0.2, 0.25) is 0 Å². The number of hydrogen-bond acceptors (Lipinski definition) is 6. The Balaban J connectivity index is 1.86. The Bertz CT molecular complexity index is 817. The van der Waals surface area contributed by atoms with Gasteiger partial charge < -0.3 is 14.8 Å². The zero-order valence-electron chi connectivity index (χ0n) is 13.2. The lowest BCUT2D eigenvalue weighted by molar-refractivity contribution is 0.395. The smallest absolute Gasteiger partial charge is 0.187 e. The third-order valence-corrected chi connectivity index (χ3v) is 4.23. The second-order valence-electron chi connectivity index (χ2n) is 4.92. The van der Waals surface area contributed by atoms with Crippen molar-refractivity contribution in [2.45, 2.75) is 6.92 Å². The molecule has 3 rings (SSSR count). The molecule has 6 heteroatoms. The maximum atomic E-state index is 5.39. The first-order chi connectivity index (χ1) is 11.2. The van der Waals surface area contributed by atoms with Crippen molar-refractivity contribution in [2.75, 3.05) is 19.5 Å². The number of aryl methyl sites for hydroxylation is 1. The van der Waals surface area contributed by atoms with Crippen molar-refractivity contribution in [3.8, 4) is 22.8 Å². The van der Waals surface area contributed by atoms with Gasteiger partial charge in [0.15, 0.2) is 5.13 Å². The van der Waals surface area contributed by atoms with Gasteiger partial charge >= 0.3 is 0 Å². The van der Waals surface area contributed by atoms with E-state index in [0.717, 1.165) is 33.4 Å². The Morgan fingerprint density at radius 3 is 2.74 bits per heavy atom. The zero-order valence-corrected chi connectivity index (χ0v) is 14.0. The van der Waals surface area contributed by atoms with E-state index in [0.29, 0.717) is 5.75 Å². The van der Waals surface area contributed by atoms with E-state index in [1.54, 1.807) is 31.8 Å². The molecule has 0 atom stereocenters. The van der Waals surface area contributed by atoms with Crippen LogP contribution in [0.1, 0.15) is 5.56 Å². The molecule has 5 nitrogen and oxygen atoms in total. The van der Waals surface area contributed by atoms with Crippen LogP contribution in [0.3, 0.4) is 0 Å². The Kier molecular flexibility index (Phi) is 4.43. The maximum Gasteiger partial charge on any atom is 0.187 e. The molecule has 0 spiro atoms. The van der Waals surface area contributed by atoms with E-state index in [2.05, 4.69) is 22.2 Å². The van der Waals surface area contributed by atoms with E-state index >= 15 is 0 Å². The van der Waals surface area contributed by atoms with Crippen molar-refractivity contribution in [3.05, 3.63) is 47.6 Å². The average Bonchev–Trinajstić information content (AvgIpc) is 3.04. The van der Waals surface area contributed by atoms with Gasteiger partial charge in [-0.3, -0.25) is 4.98 Å². The lowest BCUT2D eigenvalue weighted by atomic mass is 10.1. The first-order valence-electron chi connectivity index (χ1n) is 7.07. The highest BCUT2D eigenvalue weighted by Gasteiger charge is 2.10. The molecule has 1 aromatic carbocycles. The number of benzene rings is 1. The average molecular weight is 327 g/mol. The highest BCUT2D eigenvalue weighted by atomic mass is 32.1. The Morgan fingerprint density at radius 1 is 1.13 bits per heavy atom. The highest BCUT2D eigenvalue weighted by molar-refractivity contribution is 7.14. The highest BCUT2D eigenvalue weighted by Crippen LogP contribution is 2.34. The van der Waals surface area contributed by atoms with E-state index in [1.807, 2.05) is 35.8 Å². The Labute approximate surface area is 138 Å². The first kappa shape index (κ1) is 15.3. The second kappa shape index (κ2) is 6.66. The van der Waals surface area contributed by atoms with E-state index in [1.165, 1.54) is 0 Å². The summed E-state index contributed by atoms with van der Waals surface area (Å²) in [6, 6.07) is 7.61. The number of thiazole rings is 1. The maximum absolute atomic E-state index is 5.39. The molecule has 0 fully saturated rings. The number of hydrogen-bond donors (Lipinski definition) is 1. The lowest BCUT2D eigenvalue weighted by Gasteiger charge is -2.10. The summed E-state index contributed by atoms with van der Waals surface area (Å²) in [5.74, 6) is 1.46. The van der Waals surface area contributed by atoms with Crippen LogP contribution >= 0.6 is 11.3 Å². The number of methoxy groups -OCH3 is 2. The van der Waals surface area contributed by atoms with Crippen molar-refractivity contribution in [1.82, 2.24) is 9.97 Å². The summed E-state index contributed by atoms with van der Waals surface area (Å²) in [6.07, 6.45) is 3.62. The van der Waals surface area contributed by atoms with Crippen LogP contribution < -0.4 is 14.8 Å². The van der Waals surface area contributed by atoms with Crippen molar-refractivity contribution in [3.63, 3.8) is 0 Å². The van der Waals surface area contributed by atoms with Gasteiger partial charge in [-0.2, -0.15) is 0 Å². The molecule has 0 aliphatic carbocycles. The second-order valence-corrected chi connectivity index (χ2v) is 5.78. The molecule has 0 radical (unpaired) electrons. The standard InChI is InChI=1S/C17H17N3O2S/c1-11-6-7-18-9-13(11)15-10-23-17(20-15)19-14-5-4-12(21-2)8-16(14)22-3/h4-10H,1-3H3,(H,19,20). The quantitative estimate of drug-likeness (QED) is 0.758. The number of anilines is 2. The Morgan fingerprint density at radius 2 is 2.00 bits per heavy atom. The van der Waals surface area contributed by atoms with Gasteiger partial charge in [0.1, 0.15) is 11.5 Å². The molecule has 0 saturated heterocycles. The van der Waals surface area contributed by atoms with E-state index in [4.69, 9.17) is 9.47 Å². The predicted molar refractivity (Wildman–Crippen MR) is 92.9 cm³/mol. The molecule has 0 bridgehead atoms. The number of aromatic nitrogens is 2. The van der Waals surface area contributed by atoms with Crippen LogP contribution in [0.25, 0.3) is 11.3 Å². The van der Waals surface area contributed by atoms with Gasteiger partial charge in [0, 0.05) is 29.4 Å². The van der Waals surface area contributed by atoms with Crippen molar-refractivity contribution in [1.29, 1.82) is 0 Å². The van der Waals surface area contributed by atoms with Crippen molar-refractivity contribution >= 4 is 22.2 Å². The molecule has 0 amide bonds. The van der Waals surface area contributed by atoms with Gasteiger partial charge in [-0.15, -0.1) is 11.3 Å². The Hall–Kier alpha value is -2.60. The minimum absolute atomic E-state index is 0.707. The molecule has 0 aliphatic rings. The SMILES string of the molecule is COc1ccc(Nc2nc(-c3cnccc3C)cs2)c(OC)c1. The monoisotopic (exact) mass is 327 g/mol. The fraction of sp³-hybridized carbons (Fsp3) is 0.176. The molecular weight excluding hydrogens is 310 g/mol. The molecule has 2 aromatic heterocycles. The number of ether oxygens (including phenoxy) is 2. The first-order valence-corrected chi connectivity index (χ1v) is 7.95. The minimum Gasteiger partial charge on any atom is -0.497 e. The molecule has 0 aliphatic heterocycles. The fourth-order valence-electron chi connectivity index (χ4n) is 2.20. The normalized spacial score (nSPS) is 10.4. The summed E-state index contributed by atoms with van der Waals surface area (Å²) < 4.78 is 10.6. The summed E-state index contributed by atoms with van der Waals surface area (Å²) in [6.45, 7) is 2.05. The van der Waals surface area contributed by atoms with Gasteiger partial charge in [0.25, 0.3) is 0 Å². The van der Waals surface area contributed by atoms with Crippen LogP contribution in [-0.4, -0.2) is 24.2 Å². The zero-order chi connectivity index (χ0) is 16.2. The number of pyridine rings is 1. The van der Waals surface area contributed by atoms with Crippen LogP contribution in [-0.2, 0) is 0 Å². The van der Waals surface area contributed by atoms with Gasteiger partial charge in [-0.1, -0.05) is 0 Å². The summed E-state index contributed by atoms with van der Waals surface area (Å²) in [4.78, 5) is 8.81. The van der Waals surface area contributed by atoms with Crippen LogP contribution in [0, 0.1) is 6.92 Å². The molecule has 2 heterocycles. The molecule has 0 unspecified atom stereocenters. The molecule has 1 N–H and O–H groups in total. The van der Waals surface area contributed by atoms with Gasteiger partial charge in [-0.25, -0.2) is 4.98 Å². The molecular formula is C17H17N3O2S. The van der Waals surface area contributed by atoms with Gasteiger partial charge in [0.05, 0.1) is 25.6 Å². The van der Waals surface area contributed by atoms with Crippen molar-refractivity contribution < 1.29 is 9.47 Å². The molecule has 0 saturated carbocycles. The summed E-state index contributed by atoms with van der Waals surface area (Å²) in [5.41, 5.74) is 3.95. The van der Waals surface area contributed by atoms with E-state index in [-0.39, 0.29) is 0 Å². The molecule has 3 aromatic rings. The fourth-order valence-corrected chi connectivity index (χ4v) is 2.93. The number of rotatable bonds is 5. The molecule has 23 heavy (non-hydrogen) atoms. The third-order valence-electron chi connectivity index (χ3n) is 3.47. The number of nitrogens with zero attached hydrogens (tertiary/aromatic N) is 2. The lowest BCUT2D eigenvalue weighted by Crippen LogP contribution is -1.95. The summed E-state index contributed by atoms with van der Waals surface area (Å²) in [7, 11) is 3.26. The minimum atomic E-state index is 0.707. The largest absolute Gasteiger partial charge is 0.497 e. The summed E-state index contributed by atoms with van der Waals surface area (Å²) >= 11 is 1.54. The van der Waals surface area contributed by atoms with Crippen LogP contribution in [0.5, 0.6) is 11.5 Å². The number of nitrogens with one attached hydrogen (secondary N) is 1.